The van der Waals surface area contributed by atoms with Gasteiger partial charge < -0.3 is 9.26 Å². The van der Waals surface area contributed by atoms with Gasteiger partial charge in [-0.05, 0) is 25.5 Å². The highest BCUT2D eigenvalue weighted by atomic mass is 32.2. The van der Waals surface area contributed by atoms with E-state index in [0.29, 0.717) is 40.1 Å². The maximum absolute atomic E-state index is 13.0. The second-order valence-electron chi connectivity index (χ2n) is 6.03. The van der Waals surface area contributed by atoms with E-state index in [4.69, 9.17) is 9.26 Å². The zero-order chi connectivity index (χ0) is 18.5. The number of para-hydroxylation sites is 1. The summed E-state index contributed by atoms with van der Waals surface area (Å²) in [5, 5.41) is 5.18. The average molecular weight is 374 g/mol. The minimum atomic E-state index is -0.134. The Bertz CT molecular complexity index is 938. The van der Waals surface area contributed by atoms with E-state index in [0.717, 1.165) is 12.8 Å². The topological polar surface area (TPSA) is 83.0 Å². The molecule has 0 saturated heterocycles. The summed E-state index contributed by atoms with van der Waals surface area (Å²) >= 11 is 1.41. The van der Waals surface area contributed by atoms with Crippen LogP contribution in [0.1, 0.15) is 38.0 Å². The number of rotatable bonds is 8. The molecule has 0 N–H and O–H groups in total. The number of hydrogen-bond acceptors (Lipinski definition) is 7. The second kappa shape index (κ2) is 8.46. The van der Waals surface area contributed by atoms with Gasteiger partial charge in [-0.25, -0.2) is 4.98 Å². The second-order valence-corrected chi connectivity index (χ2v) is 6.98. The quantitative estimate of drug-likeness (QED) is 0.442. The van der Waals surface area contributed by atoms with E-state index in [1.54, 1.807) is 17.7 Å². The molecule has 1 atom stereocenters. The number of thioether (sulfide) groups is 1. The van der Waals surface area contributed by atoms with Crippen LogP contribution in [0.4, 0.5) is 0 Å². The molecule has 0 bridgehead atoms. The first kappa shape index (κ1) is 18.6. The summed E-state index contributed by atoms with van der Waals surface area (Å²) in [4.78, 5) is 22.0. The maximum atomic E-state index is 13.0. The number of aryl methyl sites for hydroxylation is 1. The Morgan fingerprint density at radius 3 is 2.88 bits per heavy atom. The van der Waals surface area contributed by atoms with Gasteiger partial charge in [0.05, 0.1) is 29.3 Å². The molecule has 0 radical (unpaired) electrons. The summed E-state index contributed by atoms with van der Waals surface area (Å²) in [6.07, 6.45) is 1.75. The van der Waals surface area contributed by atoms with Gasteiger partial charge >= 0.3 is 0 Å². The Morgan fingerprint density at radius 2 is 2.12 bits per heavy atom. The summed E-state index contributed by atoms with van der Waals surface area (Å²) < 4.78 is 12.2. The first-order valence-electron chi connectivity index (χ1n) is 8.58. The first-order valence-corrected chi connectivity index (χ1v) is 9.57. The van der Waals surface area contributed by atoms with E-state index in [2.05, 4.69) is 22.0 Å². The SMILES string of the molecule is CCCc1noc(CSc2nc3ccccc3c(=O)n2[C@H](C)COC)n1. The minimum Gasteiger partial charge on any atom is -0.383 e. The van der Waals surface area contributed by atoms with Crippen LogP contribution in [-0.4, -0.2) is 33.4 Å². The predicted octanol–water partition coefficient (Wildman–Crippen LogP) is 3.23. The van der Waals surface area contributed by atoms with Crippen molar-refractivity contribution in [2.45, 2.75) is 43.6 Å². The van der Waals surface area contributed by atoms with Crippen LogP contribution in [0.2, 0.25) is 0 Å². The molecule has 2 aromatic heterocycles. The van der Waals surface area contributed by atoms with Gasteiger partial charge in [0, 0.05) is 13.5 Å². The van der Waals surface area contributed by atoms with Gasteiger partial charge in [0.25, 0.3) is 5.56 Å². The molecule has 1 aromatic carbocycles. The Kier molecular flexibility index (Phi) is 6.05. The van der Waals surface area contributed by atoms with Gasteiger partial charge in [0.15, 0.2) is 11.0 Å². The Morgan fingerprint density at radius 1 is 1.31 bits per heavy atom. The van der Waals surface area contributed by atoms with Crippen molar-refractivity contribution in [2.75, 3.05) is 13.7 Å². The van der Waals surface area contributed by atoms with Gasteiger partial charge in [-0.3, -0.25) is 9.36 Å². The molecule has 3 aromatic rings. The molecule has 0 spiro atoms. The van der Waals surface area contributed by atoms with E-state index < -0.39 is 0 Å². The monoisotopic (exact) mass is 374 g/mol. The number of fused-ring (bicyclic) bond motifs is 1. The molecule has 0 aliphatic heterocycles. The van der Waals surface area contributed by atoms with Crippen molar-refractivity contribution in [3.8, 4) is 0 Å². The highest BCUT2D eigenvalue weighted by Gasteiger charge is 2.17. The number of methoxy groups -OCH3 is 1. The summed E-state index contributed by atoms with van der Waals surface area (Å²) in [6, 6.07) is 7.23. The lowest BCUT2D eigenvalue weighted by Crippen LogP contribution is -2.28. The number of ether oxygens (including phenoxy) is 1. The van der Waals surface area contributed by atoms with Crippen molar-refractivity contribution < 1.29 is 9.26 Å². The average Bonchev–Trinajstić information content (AvgIpc) is 3.08. The number of benzene rings is 1. The van der Waals surface area contributed by atoms with E-state index in [-0.39, 0.29) is 11.6 Å². The van der Waals surface area contributed by atoms with Crippen LogP contribution in [-0.2, 0) is 16.9 Å². The van der Waals surface area contributed by atoms with Crippen molar-refractivity contribution in [1.82, 2.24) is 19.7 Å². The van der Waals surface area contributed by atoms with Crippen LogP contribution in [0.15, 0.2) is 38.7 Å². The lowest BCUT2D eigenvalue weighted by molar-refractivity contribution is 0.156. The molecule has 0 fully saturated rings. The van der Waals surface area contributed by atoms with Crippen LogP contribution in [0, 0.1) is 0 Å². The van der Waals surface area contributed by atoms with Crippen molar-refractivity contribution in [3.05, 3.63) is 46.3 Å². The van der Waals surface area contributed by atoms with Gasteiger partial charge in [-0.2, -0.15) is 4.98 Å². The van der Waals surface area contributed by atoms with Gasteiger partial charge in [-0.1, -0.05) is 36.0 Å². The van der Waals surface area contributed by atoms with Gasteiger partial charge in [0.1, 0.15) is 0 Å². The van der Waals surface area contributed by atoms with Gasteiger partial charge in [-0.15, -0.1) is 0 Å². The third-order valence-corrected chi connectivity index (χ3v) is 4.87. The normalized spacial score (nSPS) is 12.6. The summed E-state index contributed by atoms with van der Waals surface area (Å²) in [7, 11) is 1.62. The zero-order valence-electron chi connectivity index (χ0n) is 15.1. The molecule has 0 amide bonds. The van der Waals surface area contributed by atoms with Crippen LogP contribution in [0.25, 0.3) is 10.9 Å². The zero-order valence-corrected chi connectivity index (χ0v) is 16.0. The Balaban J connectivity index is 1.94. The summed E-state index contributed by atoms with van der Waals surface area (Å²) in [6.45, 7) is 4.44. The van der Waals surface area contributed by atoms with Crippen LogP contribution in [0.5, 0.6) is 0 Å². The fraction of sp³-hybridized carbons (Fsp3) is 0.444. The lowest BCUT2D eigenvalue weighted by Gasteiger charge is -2.18. The van der Waals surface area contributed by atoms with E-state index in [1.807, 2.05) is 25.1 Å². The van der Waals surface area contributed by atoms with Crippen LogP contribution >= 0.6 is 11.8 Å². The first-order chi connectivity index (χ1) is 12.6. The molecule has 0 aliphatic rings. The molecule has 138 valence electrons. The highest BCUT2D eigenvalue weighted by Crippen LogP contribution is 2.24. The van der Waals surface area contributed by atoms with Crippen molar-refractivity contribution >= 4 is 22.7 Å². The molecule has 0 saturated carbocycles. The van der Waals surface area contributed by atoms with Crippen molar-refractivity contribution in [1.29, 1.82) is 0 Å². The minimum absolute atomic E-state index is 0.0696. The lowest BCUT2D eigenvalue weighted by atomic mass is 10.2. The summed E-state index contributed by atoms with van der Waals surface area (Å²) in [5.41, 5.74) is 0.609. The Labute approximate surface area is 155 Å². The fourth-order valence-corrected chi connectivity index (χ4v) is 3.67. The van der Waals surface area contributed by atoms with E-state index >= 15 is 0 Å². The summed E-state index contributed by atoms with van der Waals surface area (Å²) in [5.74, 6) is 1.70. The predicted molar refractivity (Wildman–Crippen MR) is 100 cm³/mol. The molecule has 0 unspecified atom stereocenters. The fourth-order valence-electron chi connectivity index (χ4n) is 2.73. The van der Waals surface area contributed by atoms with E-state index in [1.165, 1.54) is 11.8 Å². The van der Waals surface area contributed by atoms with E-state index in [9.17, 15) is 4.79 Å². The van der Waals surface area contributed by atoms with Crippen LogP contribution < -0.4 is 5.56 Å². The number of aromatic nitrogens is 4. The molecule has 0 aliphatic carbocycles. The van der Waals surface area contributed by atoms with Crippen molar-refractivity contribution in [2.24, 2.45) is 0 Å². The van der Waals surface area contributed by atoms with Crippen LogP contribution in [0.3, 0.4) is 0 Å². The maximum Gasteiger partial charge on any atom is 0.262 e. The molecular weight excluding hydrogens is 352 g/mol. The smallest absolute Gasteiger partial charge is 0.262 e. The third kappa shape index (κ3) is 3.96. The third-order valence-electron chi connectivity index (χ3n) is 3.93. The number of hydrogen-bond donors (Lipinski definition) is 0. The standard InChI is InChI=1S/C18H22N4O3S/c1-4-7-15-20-16(25-21-15)11-26-18-19-14-9-6-5-8-13(14)17(23)22(18)12(2)10-24-3/h5-6,8-9,12H,4,7,10-11H2,1-3H3/t12-/m1/s1. The molecule has 8 heteroatoms. The van der Waals surface area contributed by atoms with Gasteiger partial charge in [0.2, 0.25) is 5.89 Å². The Hall–Kier alpha value is -2.19. The largest absolute Gasteiger partial charge is 0.383 e. The highest BCUT2D eigenvalue weighted by molar-refractivity contribution is 7.98. The van der Waals surface area contributed by atoms with Crippen molar-refractivity contribution in [3.63, 3.8) is 0 Å². The number of nitrogens with zero attached hydrogens (tertiary/aromatic N) is 4. The molecule has 2 heterocycles. The molecule has 26 heavy (non-hydrogen) atoms. The molecular formula is C18H22N4O3S. The molecule has 3 rings (SSSR count). The molecule has 7 nitrogen and oxygen atoms in total.